The second kappa shape index (κ2) is 7.23. The Bertz CT molecular complexity index is 787. The summed E-state index contributed by atoms with van der Waals surface area (Å²) in [4.78, 5) is -0.798. The van der Waals surface area contributed by atoms with Crippen LogP contribution in [0.5, 0.6) is 5.75 Å². The van der Waals surface area contributed by atoms with Crippen LogP contribution in [0.15, 0.2) is 53.4 Å². The second-order valence-electron chi connectivity index (χ2n) is 5.05. The van der Waals surface area contributed by atoms with E-state index in [1.807, 2.05) is 19.1 Å². The van der Waals surface area contributed by atoms with E-state index in [0.717, 1.165) is 23.8 Å². The molecule has 24 heavy (non-hydrogen) atoms. The molecule has 130 valence electrons. The smallest absolute Gasteiger partial charge is 0.417 e. The van der Waals surface area contributed by atoms with Crippen molar-refractivity contribution >= 4 is 10.0 Å². The van der Waals surface area contributed by atoms with Gasteiger partial charge in [-0.3, -0.25) is 0 Å². The van der Waals surface area contributed by atoms with Gasteiger partial charge in [-0.25, -0.2) is 13.1 Å². The number of alkyl halides is 3. The average Bonchev–Trinajstić information content (AvgIpc) is 2.52. The minimum Gasteiger partial charge on any atom is -0.492 e. The summed E-state index contributed by atoms with van der Waals surface area (Å²) in [5.74, 6) is 0.551. The van der Waals surface area contributed by atoms with Gasteiger partial charge in [-0.1, -0.05) is 29.8 Å². The largest absolute Gasteiger partial charge is 0.492 e. The van der Waals surface area contributed by atoms with Gasteiger partial charge in [0.05, 0.1) is 10.5 Å². The Balaban J connectivity index is 2.01. The van der Waals surface area contributed by atoms with Crippen LogP contribution in [-0.2, 0) is 16.2 Å². The van der Waals surface area contributed by atoms with Crippen molar-refractivity contribution in [2.24, 2.45) is 0 Å². The molecule has 0 spiro atoms. The molecule has 2 rings (SSSR count). The lowest BCUT2D eigenvalue weighted by Crippen LogP contribution is -2.30. The van der Waals surface area contributed by atoms with E-state index in [1.54, 1.807) is 12.1 Å². The number of nitrogens with one attached hydrogen (secondary N) is 1. The van der Waals surface area contributed by atoms with Crippen LogP contribution in [0.3, 0.4) is 0 Å². The molecule has 0 saturated heterocycles. The molecular formula is C16H16F3NO3S. The Morgan fingerprint density at radius 2 is 1.67 bits per heavy atom. The summed E-state index contributed by atoms with van der Waals surface area (Å²) < 4.78 is 70.3. The molecule has 0 unspecified atom stereocenters. The van der Waals surface area contributed by atoms with Crippen molar-refractivity contribution in [2.45, 2.75) is 18.0 Å². The first-order valence-electron chi connectivity index (χ1n) is 7.05. The first-order valence-corrected chi connectivity index (χ1v) is 8.54. The van der Waals surface area contributed by atoms with Crippen molar-refractivity contribution in [3.8, 4) is 5.75 Å². The number of benzene rings is 2. The number of sulfonamides is 1. The number of rotatable bonds is 6. The van der Waals surface area contributed by atoms with Crippen molar-refractivity contribution in [3.05, 3.63) is 59.7 Å². The van der Waals surface area contributed by atoms with Crippen LogP contribution in [0.2, 0.25) is 0 Å². The van der Waals surface area contributed by atoms with Crippen LogP contribution < -0.4 is 9.46 Å². The third-order valence-corrected chi connectivity index (χ3v) is 4.69. The molecule has 4 nitrogen and oxygen atoms in total. The minimum atomic E-state index is -4.75. The highest BCUT2D eigenvalue weighted by molar-refractivity contribution is 7.89. The summed E-state index contributed by atoms with van der Waals surface area (Å²) in [6.07, 6.45) is -4.75. The van der Waals surface area contributed by atoms with E-state index in [2.05, 4.69) is 4.72 Å². The van der Waals surface area contributed by atoms with E-state index in [1.165, 1.54) is 6.07 Å². The third-order valence-electron chi connectivity index (χ3n) is 3.17. The van der Waals surface area contributed by atoms with Gasteiger partial charge in [0.2, 0.25) is 10.0 Å². The fourth-order valence-corrected chi connectivity index (χ4v) is 3.23. The average molecular weight is 359 g/mol. The van der Waals surface area contributed by atoms with E-state index in [4.69, 9.17) is 4.74 Å². The van der Waals surface area contributed by atoms with Gasteiger partial charge >= 0.3 is 6.18 Å². The molecule has 2 aromatic carbocycles. The van der Waals surface area contributed by atoms with Crippen molar-refractivity contribution < 1.29 is 26.3 Å². The molecule has 0 saturated carbocycles. The standard InChI is InChI=1S/C16H16F3NO3S/c1-12-6-8-13(9-7-12)23-11-10-20-24(21,22)15-5-3-2-4-14(15)16(17,18)19/h2-9,20H,10-11H2,1H3. The van der Waals surface area contributed by atoms with E-state index in [9.17, 15) is 21.6 Å². The summed E-state index contributed by atoms with van der Waals surface area (Å²) in [5, 5.41) is 0. The minimum absolute atomic E-state index is 0.00350. The number of ether oxygens (including phenoxy) is 1. The lowest BCUT2D eigenvalue weighted by molar-refractivity contribution is -0.139. The molecule has 0 aliphatic rings. The van der Waals surface area contributed by atoms with E-state index in [-0.39, 0.29) is 13.2 Å². The van der Waals surface area contributed by atoms with Crippen molar-refractivity contribution in [1.82, 2.24) is 4.72 Å². The summed E-state index contributed by atoms with van der Waals surface area (Å²) in [7, 11) is -4.29. The normalized spacial score (nSPS) is 12.2. The molecule has 0 atom stereocenters. The van der Waals surface area contributed by atoms with Gasteiger partial charge in [0.25, 0.3) is 0 Å². The Kier molecular flexibility index (Phi) is 5.51. The molecule has 0 aliphatic carbocycles. The quantitative estimate of drug-likeness (QED) is 0.805. The van der Waals surface area contributed by atoms with E-state index < -0.39 is 26.7 Å². The highest BCUT2D eigenvalue weighted by atomic mass is 32.2. The van der Waals surface area contributed by atoms with Crippen molar-refractivity contribution in [1.29, 1.82) is 0 Å². The summed E-state index contributed by atoms with van der Waals surface area (Å²) >= 11 is 0. The Morgan fingerprint density at radius 3 is 2.29 bits per heavy atom. The van der Waals surface area contributed by atoms with Gasteiger partial charge in [0.15, 0.2) is 0 Å². The van der Waals surface area contributed by atoms with Crippen LogP contribution in [0.4, 0.5) is 13.2 Å². The monoisotopic (exact) mass is 359 g/mol. The lowest BCUT2D eigenvalue weighted by atomic mass is 10.2. The summed E-state index contributed by atoms with van der Waals surface area (Å²) in [6, 6.07) is 11.2. The van der Waals surface area contributed by atoms with Gasteiger partial charge < -0.3 is 4.74 Å². The number of aryl methyl sites for hydroxylation is 1. The van der Waals surface area contributed by atoms with Crippen LogP contribution in [-0.4, -0.2) is 21.6 Å². The Labute approximate surface area is 138 Å². The lowest BCUT2D eigenvalue weighted by Gasteiger charge is -2.14. The van der Waals surface area contributed by atoms with Gasteiger partial charge in [0.1, 0.15) is 12.4 Å². The fraction of sp³-hybridized carbons (Fsp3) is 0.250. The van der Waals surface area contributed by atoms with Gasteiger partial charge in [-0.05, 0) is 31.2 Å². The highest BCUT2D eigenvalue weighted by Gasteiger charge is 2.36. The van der Waals surface area contributed by atoms with E-state index >= 15 is 0 Å². The summed E-state index contributed by atoms with van der Waals surface area (Å²) in [5.41, 5.74) is -0.149. The predicted octanol–water partition coefficient (Wildman–Crippen LogP) is 3.37. The molecule has 0 aromatic heterocycles. The first kappa shape index (κ1) is 18.3. The van der Waals surface area contributed by atoms with Gasteiger partial charge in [0, 0.05) is 6.54 Å². The maximum absolute atomic E-state index is 12.9. The molecule has 0 aliphatic heterocycles. The molecular weight excluding hydrogens is 343 g/mol. The van der Waals surface area contributed by atoms with Crippen LogP contribution in [0.25, 0.3) is 0 Å². The maximum atomic E-state index is 12.9. The van der Waals surface area contributed by atoms with Gasteiger partial charge in [-0.15, -0.1) is 0 Å². The SMILES string of the molecule is Cc1ccc(OCCNS(=O)(=O)c2ccccc2C(F)(F)F)cc1. The van der Waals surface area contributed by atoms with E-state index in [0.29, 0.717) is 5.75 Å². The molecule has 8 heteroatoms. The van der Waals surface area contributed by atoms with Crippen molar-refractivity contribution in [3.63, 3.8) is 0 Å². The molecule has 1 N–H and O–H groups in total. The first-order chi connectivity index (χ1) is 11.2. The molecule has 0 fully saturated rings. The molecule has 0 bridgehead atoms. The highest BCUT2D eigenvalue weighted by Crippen LogP contribution is 2.33. The zero-order chi connectivity index (χ0) is 17.8. The predicted molar refractivity (Wildman–Crippen MR) is 83.3 cm³/mol. The van der Waals surface area contributed by atoms with Crippen LogP contribution in [0.1, 0.15) is 11.1 Å². The molecule has 2 aromatic rings. The number of hydrogen-bond donors (Lipinski definition) is 1. The Morgan fingerprint density at radius 1 is 1.04 bits per heavy atom. The van der Waals surface area contributed by atoms with Crippen LogP contribution in [0, 0.1) is 6.92 Å². The topological polar surface area (TPSA) is 55.4 Å². The van der Waals surface area contributed by atoms with Crippen molar-refractivity contribution in [2.75, 3.05) is 13.2 Å². The molecule has 0 radical (unpaired) electrons. The zero-order valence-electron chi connectivity index (χ0n) is 12.8. The summed E-state index contributed by atoms with van der Waals surface area (Å²) in [6.45, 7) is 1.76. The number of halogens is 3. The van der Waals surface area contributed by atoms with Gasteiger partial charge in [-0.2, -0.15) is 13.2 Å². The van der Waals surface area contributed by atoms with Crippen LogP contribution >= 0.6 is 0 Å². The number of hydrogen-bond acceptors (Lipinski definition) is 3. The fourth-order valence-electron chi connectivity index (χ4n) is 1.99. The maximum Gasteiger partial charge on any atom is 0.417 e. The second-order valence-corrected chi connectivity index (χ2v) is 6.79. The Hall–Kier alpha value is -2.06. The third kappa shape index (κ3) is 4.72. The zero-order valence-corrected chi connectivity index (χ0v) is 13.6. The molecule has 0 heterocycles. The molecule has 0 amide bonds.